The van der Waals surface area contributed by atoms with Gasteiger partial charge in [0.05, 0.1) is 6.10 Å². The summed E-state index contributed by atoms with van der Waals surface area (Å²) in [5.74, 6) is 3.89. The van der Waals surface area contributed by atoms with Crippen molar-refractivity contribution in [3.05, 3.63) is 34.9 Å². The van der Waals surface area contributed by atoms with Gasteiger partial charge < -0.3 is 4.74 Å². The quantitative estimate of drug-likeness (QED) is 0.376. The van der Waals surface area contributed by atoms with Gasteiger partial charge in [-0.25, -0.2) is 0 Å². The molecule has 1 nitrogen and oxygen atoms in total. The Bertz CT molecular complexity index is 650. The third-order valence-corrected chi connectivity index (χ3v) is 8.73. The molecule has 0 spiro atoms. The second-order valence-electron chi connectivity index (χ2n) is 10.8. The Kier molecular flexibility index (Phi) is 8.33. The SMILES string of the molecule is CCCCCc1ccc2c(c1)CCC(C1CCC3C[C@H](OCCCC)CC[C@@H]3C1)C2. The molecule has 1 aromatic rings. The zero-order valence-electron chi connectivity index (χ0n) is 19.8. The summed E-state index contributed by atoms with van der Waals surface area (Å²) in [5.41, 5.74) is 4.94. The van der Waals surface area contributed by atoms with Crippen LogP contribution < -0.4 is 0 Å². The van der Waals surface area contributed by atoms with Crippen LogP contribution in [0.2, 0.25) is 0 Å². The van der Waals surface area contributed by atoms with Gasteiger partial charge in [0.15, 0.2) is 0 Å². The van der Waals surface area contributed by atoms with E-state index in [-0.39, 0.29) is 0 Å². The van der Waals surface area contributed by atoms with E-state index >= 15 is 0 Å². The van der Waals surface area contributed by atoms with Crippen molar-refractivity contribution in [1.82, 2.24) is 0 Å². The highest BCUT2D eigenvalue weighted by atomic mass is 16.5. The molecule has 0 amide bonds. The lowest BCUT2D eigenvalue weighted by molar-refractivity contribution is -0.0247. The molecule has 0 aromatic heterocycles. The van der Waals surface area contributed by atoms with E-state index in [0.717, 1.165) is 30.3 Å². The molecule has 1 aromatic carbocycles. The lowest BCUT2D eigenvalue weighted by Crippen LogP contribution is -2.37. The van der Waals surface area contributed by atoms with Crippen LogP contribution in [0, 0.1) is 23.7 Å². The first-order chi connectivity index (χ1) is 14.8. The number of aryl methyl sites for hydroxylation is 2. The Morgan fingerprint density at radius 3 is 2.37 bits per heavy atom. The molecule has 30 heavy (non-hydrogen) atoms. The van der Waals surface area contributed by atoms with Gasteiger partial charge in [-0.3, -0.25) is 0 Å². The van der Waals surface area contributed by atoms with Gasteiger partial charge in [0.25, 0.3) is 0 Å². The van der Waals surface area contributed by atoms with Crippen LogP contribution in [0.15, 0.2) is 18.2 Å². The summed E-state index contributed by atoms with van der Waals surface area (Å²) in [6.07, 6.45) is 21.1. The molecule has 0 radical (unpaired) electrons. The van der Waals surface area contributed by atoms with E-state index in [1.165, 1.54) is 96.3 Å². The second kappa shape index (κ2) is 11.2. The van der Waals surface area contributed by atoms with Crippen molar-refractivity contribution < 1.29 is 4.74 Å². The van der Waals surface area contributed by atoms with Gasteiger partial charge in [-0.15, -0.1) is 0 Å². The number of hydrogen-bond acceptors (Lipinski definition) is 1. The minimum absolute atomic E-state index is 0.572. The molecule has 3 unspecified atom stereocenters. The number of benzene rings is 1. The van der Waals surface area contributed by atoms with Crippen LogP contribution >= 0.6 is 0 Å². The van der Waals surface area contributed by atoms with Gasteiger partial charge in [-0.05, 0) is 117 Å². The highest BCUT2D eigenvalue weighted by Gasteiger charge is 2.38. The van der Waals surface area contributed by atoms with Crippen LogP contribution in [-0.4, -0.2) is 12.7 Å². The van der Waals surface area contributed by atoms with Crippen molar-refractivity contribution in [2.45, 2.75) is 116 Å². The summed E-state index contributed by atoms with van der Waals surface area (Å²) < 4.78 is 6.20. The fourth-order valence-corrected chi connectivity index (χ4v) is 6.83. The summed E-state index contributed by atoms with van der Waals surface area (Å²) in [4.78, 5) is 0. The van der Waals surface area contributed by atoms with Crippen molar-refractivity contribution in [2.75, 3.05) is 6.61 Å². The summed E-state index contributed by atoms with van der Waals surface area (Å²) >= 11 is 0. The molecule has 0 aliphatic heterocycles. The van der Waals surface area contributed by atoms with Crippen molar-refractivity contribution >= 4 is 0 Å². The van der Waals surface area contributed by atoms with E-state index in [2.05, 4.69) is 32.0 Å². The van der Waals surface area contributed by atoms with Crippen LogP contribution in [0.3, 0.4) is 0 Å². The maximum Gasteiger partial charge on any atom is 0.0578 e. The third-order valence-electron chi connectivity index (χ3n) is 8.73. The van der Waals surface area contributed by atoms with Crippen molar-refractivity contribution in [3.8, 4) is 0 Å². The van der Waals surface area contributed by atoms with Gasteiger partial charge in [-0.1, -0.05) is 51.3 Å². The molecule has 2 fully saturated rings. The van der Waals surface area contributed by atoms with E-state index in [1.54, 1.807) is 16.7 Å². The number of hydrogen-bond donors (Lipinski definition) is 0. The highest BCUT2D eigenvalue weighted by molar-refractivity contribution is 5.34. The molecule has 0 N–H and O–H groups in total. The molecule has 0 saturated heterocycles. The zero-order valence-corrected chi connectivity index (χ0v) is 19.8. The van der Waals surface area contributed by atoms with Crippen molar-refractivity contribution in [3.63, 3.8) is 0 Å². The van der Waals surface area contributed by atoms with E-state index in [4.69, 9.17) is 4.74 Å². The molecular weight excluding hydrogens is 364 g/mol. The summed E-state index contributed by atoms with van der Waals surface area (Å²) in [6, 6.07) is 7.48. The van der Waals surface area contributed by atoms with E-state index in [9.17, 15) is 0 Å². The highest BCUT2D eigenvalue weighted by Crippen LogP contribution is 2.47. The molecular formula is C29H46O. The van der Waals surface area contributed by atoms with Crippen LogP contribution in [-0.2, 0) is 24.0 Å². The standard InChI is InChI=1S/C29H46O/c1-3-5-7-8-22-9-10-24-19-25(12-11-23(24)18-22)26-13-14-28-21-29(30-17-6-4-2)16-15-27(28)20-26/h9-10,18,25-29H,3-8,11-17,19-21H2,1-2H3/t25?,26?,27-,28?,29-/m1/s1. The molecule has 1 heteroatoms. The number of rotatable bonds is 9. The minimum atomic E-state index is 0.572. The van der Waals surface area contributed by atoms with Crippen LogP contribution in [0.1, 0.15) is 108 Å². The molecule has 5 atom stereocenters. The van der Waals surface area contributed by atoms with Crippen LogP contribution in [0.5, 0.6) is 0 Å². The lowest BCUT2D eigenvalue weighted by Gasteiger charge is -2.45. The maximum absolute atomic E-state index is 6.20. The first-order valence-corrected chi connectivity index (χ1v) is 13.5. The number of fused-ring (bicyclic) bond motifs is 2. The first kappa shape index (κ1) is 22.4. The van der Waals surface area contributed by atoms with Gasteiger partial charge in [0.1, 0.15) is 0 Å². The topological polar surface area (TPSA) is 9.23 Å². The Labute approximate surface area is 186 Å². The minimum Gasteiger partial charge on any atom is -0.378 e. The fourth-order valence-electron chi connectivity index (χ4n) is 6.83. The molecule has 4 rings (SSSR count). The smallest absolute Gasteiger partial charge is 0.0578 e. The maximum atomic E-state index is 6.20. The van der Waals surface area contributed by atoms with Crippen molar-refractivity contribution in [2.24, 2.45) is 23.7 Å². The predicted molar refractivity (Wildman–Crippen MR) is 128 cm³/mol. The van der Waals surface area contributed by atoms with Crippen LogP contribution in [0.4, 0.5) is 0 Å². The lowest BCUT2D eigenvalue weighted by atomic mass is 9.62. The first-order valence-electron chi connectivity index (χ1n) is 13.5. The van der Waals surface area contributed by atoms with E-state index < -0.39 is 0 Å². The Hall–Kier alpha value is -0.820. The fraction of sp³-hybridized carbons (Fsp3) is 0.793. The second-order valence-corrected chi connectivity index (χ2v) is 10.8. The van der Waals surface area contributed by atoms with E-state index in [0.29, 0.717) is 6.10 Å². The van der Waals surface area contributed by atoms with E-state index in [1.807, 2.05) is 0 Å². The average Bonchev–Trinajstić information content (AvgIpc) is 2.78. The predicted octanol–water partition coefficient (Wildman–Crippen LogP) is 7.93. The average molecular weight is 411 g/mol. The van der Waals surface area contributed by atoms with Gasteiger partial charge in [0.2, 0.25) is 0 Å². The molecule has 0 bridgehead atoms. The Morgan fingerprint density at radius 2 is 1.53 bits per heavy atom. The monoisotopic (exact) mass is 410 g/mol. The molecule has 3 aliphatic carbocycles. The summed E-state index contributed by atoms with van der Waals surface area (Å²) in [6.45, 7) is 5.55. The Morgan fingerprint density at radius 1 is 0.767 bits per heavy atom. The van der Waals surface area contributed by atoms with Gasteiger partial charge >= 0.3 is 0 Å². The third kappa shape index (κ3) is 5.70. The Balaban J connectivity index is 1.27. The number of unbranched alkanes of at least 4 members (excludes halogenated alkanes) is 3. The summed E-state index contributed by atoms with van der Waals surface area (Å²) in [7, 11) is 0. The number of ether oxygens (including phenoxy) is 1. The van der Waals surface area contributed by atoms with Crippen LogP contribution in [0.25, 0.3) is 0 Å². The largest absolute Gasteiger partial charge is 0.378 e. The molecule has 168 valence electrons. The molecule has 0 heterocycles. The summed E-state index contributed by atoms with van der Waals surface area (Å²) in [5, 5.41) is 0. The zero-order chi connectivity index (χ0) is 20.8. The van der Waals surface area contributed by atoms with Gasteiger partial charge in [0, 0.05) is 6.61 Å². The molecule has 2 saturated carbocycles. The molecule has 3 aliphatic rings. The van der Waals surface area contributed by atoms with Crippen molar-refractivity contribution in [1.29, 1.82) is 0 Å². The normalized spacial score (nSPS) is 31.2. The van der Waals surface area contributed by atoms with Gasteiger partial charge in [-0.2, -0.15) is 0 Å².